The van der Waals surface area contributed by atoms with Crippen molar-refractivity contribution in [2.45, 2.75) is 45.6 Å². The highest BCUT2D eigenvalue weighted by Gasteiger charge is 2.21. The van der Waals surface area contributed by atoms with Crippen LogP contribution in [-0.2, 0) is 0 Å². The van der Waals surface area contributed by atoms with E-state index in [9.17, 15) is 0 Å². The van der Waals surface area contributed by atoms with Crippen molar-refractivity contribution < 1.29 is 0 Å². The summed E-state index contributed by atoms with van der Waals surface area (Å²) in [6.07, 6.45) is 5.18. The van der Waals surface area contributed by atoms with Gasteiger partial charge in [-0.3, -0.25) is 0 Å². The van der Waals surface area contributed by atoms with Crippen molar-refractivity contribution in [2.24, 2.45) is 11.7 Å². The van der Waals surface area contributed by atoms with Gasteiger partial charge in [0, 0.05) is 6.04 Å². The highest BCUT2D eigenvalue weighted by atomic mass is 15.2. The van der Waals surface area contributed by atoms with Gasteiger partial charge in [-0.2, -0.15) is 0 Å². The summed E-state index contributed by atoms with van der Waals surface area (Å²) in [5.41, 5.74) is 5.61. The third-order valence-electron chi connectivity index (χ3n) is 3.31. The van der Waals surface area contributed by atoms with Crippen LogP contribution in [0.3, 0.4) is 0 Å². The van der Waals surface area contributed by atoms with Gasteiger partial charge in [-0.1, -0.05) is 13.8 Å². The van der Waals surface area contributed by atoms with Crippen molar-refractivity contribution in [3.05, 3.63) is 0 Å². The minimum absolute atomic E-state index is 0.748. The van der Waals surface area contributed by atoms with Gasteiger partial charge in [-0.05, 0) is 51.2 Å². The van der Waals surface area contributed by atoms with Gasteiger partial charge in [0.15, 0.2) is 0 Å². The highest BCUT2D eigenvalue weighted by molar-refractivity contribution is 4.76. The predicted molar refractivity (Wildman–Crippen MR) is 57.7 cm³/mol. The maximum Gasteiger partial charge on any atom is 0.0105 e. The molecule has 1 aliphatic rings. The van der Waals surface area contributed by atoms with Crippen molar-refractivity contribution in [2.75, 3.05) is 19.6 Å². The molecule has 1 atom stereocenters. The summed E-state index contributed by atoms with van der Waals surface area (Å²) in [6.45, 7) is 8.06. The fourth-order valence-corrected chi connectivity index (χ4v) is 2.23. The molecule has 1 heterocycles. The van der Waals surface area contributed by atoms with Gasteiger partial charge in [0.25, 0.3) is 0 Å². The summed E-state index contributed by atoms with van der Waals surface area (Å²) in [6, 6.07) is 0.748. The van der Waals surface area contributed by atoms with E-state index in [0.29, 0.717) is 0 Å². The molecule has 0 aromatic carbocycles. The lowest BCUT2D eigenvalue weighted by molar-refractivity contribution is 0.129. The second-order valence-electron chi connectivity index (χ2n) is 4.36. The fraction of sp³-hybridized carbons (Fsp3) is 1.00. The molecule has 2 N–H and O–H groups in total. The number of nitrogens with two attached hydrogens (primary N) is 1. The third-order valence-corrected chi connectivity index (χ3v) is 3.31. The molecule has 1 aliphatic heterocycles. The quantitative estimate of drug-likeness (QED) is 0.722. The first-order valence-electron chi connectivity index (χ1n) is 5.72. The van der Waals surface area contributed by atoms with Crippen LogP contribution in [0.25, 0.3) is 0 Å². The van der Waals surface area contributed by atoms with Crippen molar-refractivity contribution in [3.63, 3.8) is 0 Å². The molecule has 0 aliphatic carbocycles. The number of nitrogens with zero attached hydrogens (tertiary/aromatic N) is 1. The highest BCUT2D eigenvalue weighted by Crippen LogP contribution is 2.20. The zero-order chi connectivity index (χ0) is 9.68. The van der Waals surface area contributed by atoms with Crippen LogP contribution in [0.2, 0.25) is 0 Å². The first-order chi connectivity index (χ1) is 6.27. The number of piperidine rings is 1. The van der Waals surface area contributed by atoms with E-state index >= 15 is 0 Å². The molecule has 0 spiro atoms. The summed E-state index contributed by atoms with van der Waals surface area (Å²) in [5, 5.41) is 0. The van der Waals surface area contributed by atoms with E-state index in [1.54, 1.807) is 0 Å². The molecular weight excluding hydrogens is 160 g/mol. The topological polar surface area (TPSA) is 29.3 Å². The van der Waals surface area contributed by atoms with E-state index in [0.717, 1.165) is 18.5 Å². The monoisotopic (exact) mass is 184 g/mol. The Morgan fingerprint density at radius 3 is 2.46 bits per heavy atom. The Bertz CT molecular complexity index is 128. The van der Waals surface area contributed by atoms with Crippen LogP contribution < -0.4 is 5.73 Å². The molecule has 0 aromatic heterocycles. The van der Waals surface area contributed by atoms with Crippen LogP contribution in [-0.4, -0.2) is 30.6 Å². The van der Waals surface area contributed by atoms with E-state index in [4.69, 9.17) is 5.73 Å². The van der Waals surface area contributed by atoms with Gasteiger partial charge in [0.1, 0.15) is 0 Å². The summed E-state index contributed by atoms with van der Waals surface area (Å²) in [4.78, 5) is 2.63. The molecule has 13 heavy (non-hydrogen) atoms. The minimum Gasteiger partial charge on any atom is -0.330 e. The summed E-state index contributed by atoms with van der Waals surface area (Å²) < 4.78 is 0. The molecule has 1 rings (SSSR count). The Morgan fingerprint density at radius 1 is 1.38 bits per heavy atom. The summed E-state index contributed by atoms with van der Waals surface area (Å²) >= 11 is 0. The normalized spacial score (nSPS) is 23.3. The summed E-state index contributed by atoms with van der Waals surface area (Å²) in [5.74, 6) is 0.937. The molecule has 0 aromatic rings. The lowest BCUT2D eigenvalue weighted by Gasteiger charge is -2.36. The number of likely N-dealkylation sites (tertiary alicyclic amines) is 1. The van der Waals surface area contributed by atoms with Gasteiger partial charge in [0.2, 0.25) is 0 Å². The fourth-order valence-electron chi connectivity index (χ4n) is 2.23. The minimum atomic E-state index is 0.748. The number of hydrogen-bond acceptors (Lipinski definition) is 2. The van der Waals surface area contributed by atoms with Gasteiger partial charge < -0.3 is 10.6 Å². The van der Waals surface area contributed by atoms with E-state index in [1.807, 2.05) is 0 Å². The maximum atomic E-state index is 5.61. The average molecular weight is 184 g/mol. The number of hydrogen-bond donors (Lipinski definition) is 1. The molecule has 0 radical (unpaired) electrons. The molecule has 1 fully saturated rings. The summed E-state index contributed by atoms with van der Waals surface area (Å²) in [7, 11) is 0. The van der Waals surface area contributed by atoms with E-state index < -0.39 is 0 Å². The van der Waals surface area contributed by atoms with Crippen LogP contribution >= 0.6 is 0 Å². The van der Waals surface area contributed by atoms with Crippen molar-refractivity contribution in [1.82, 2.24) is 4.90 Å². The van der Waals surface area contributed by atoms with Crippen LogP contribution in [0.15, 0.2) is 0 Å². The zero-order valence-corrected chi connectivity index (χ0v) is 9.13. The van der Waals surface area contributed by atoms with E-state index in [2.05, 4.69) is 18.7 Å². The molecule has 0 saturated carbocycles. The van der Waals surface area contributed by atoms with Crippen LogP contribution in [0.4, 0.5) is 0 Å². The van der Waals surface area contributed by atoms with Crippen molar-refractivity contribution >= 4 is 0 Å². The third kappa shape index (κ3) is 3.28. The first-order valence-corrected chi connectivity index (χ1v) is 5.72. The molecule has 2 nitrogen and oxygen atoms in total. The largest absolute Gasteiger partial charge is 0.330 e. The SMILES string of the molecule is CCC(CCN)N1CCC(C)CC1. The molecule has 1 unspecified atom stereocenters. The van der Waals surface area contributed by atoms with Crippen molar-refractivity contribution in [3.8, 4) is 0 Å². The Balaban J connectivity index is 2.32. The van der Waals surface area contributed by atoms with Gasteiger partial charge in [0.05, 0.1) is 0 Å². The average Bonchev–Trinajstić information content (AvgIpc) is 2.16. The first kappa shape index (κ1) is 11.0. The van der Waals surface area contributed by atoms with Crippen LogP contribution in [0.1, 0.15) is 39.5 Å². The molecular formula is C11H24N2. The van der Waals surface area contributed by atoms with Crippen LogP contribution in [0.5, 0.6) is 0 Å². The van der Waals surface area contributed by atoms with E-state index in [-0.39, 0.29) is 0 Å². The molecule has 78 valence electrons. The Labute approximate surface area is 82.5 Å². The van der Waals surface area contributed by atoms with Gasteiger partial charge in [-0.15, -0.1) is 0 Å². The standard InChI is InChI=1S/C11H24N2/c1-3-11(4-7-12)13-8-5-10(2)6-9-13/h10-11H,3-9,12H2,1-2H3. The van der Waals surface area contributed by atoms with Crippen molar-refractivity contribution in [1.29, 1.82) is 0 Å². The Morgan fingerprint density at radius 2 is 2.00 bits per heavy atom. The van der Waals surface area contributed by atoms with Crippen LogP contribution in [0, 0.1) is 5.92 Å². The molecule has 0 amide bonds. The van der Waals surface area contributed by atoms with Gasteiger partial charge in [-0.25, -0.2) is 0 Å². The maximum absolute atomic E-state index is 5.61. The smallest absolute Gasteiger partial charge is 0.0105 e. The Kier molecular flexibility index (Phi) is 4.74. The second-order valence-corrected chi connectivity index (χ2v) is 4.36. The Hall–Kier alpha value is -0.0800. The molecule has 1 saturated heterocycles. The molecule has 2 heteroatoms. The number of rotatable bonds is 4. The van der Waals surface area contributed by atoms with E-state index in [1.165, 1.54) is 38.8 Å². The van der Waals surface area contributed by atoms with Gasteiger partial charge >= 0.3 is 0 Å². The zero-order valence-electron chi connectivity index (χ0n) is 9.13. The lowest BCUT2D eigenvalue weighted by Crippen LogP contribution is -2.41. The molecule has 0 bridgehead atoms. The lowest BCUT2D eigenvalue weighted by atomic mass is 9.96. The second kappa shape index (κ2) is 5.61. The predicted octanol–water partition coefficient (Wildman–Crippen LogP) is 1.85.